The van der Waals surface area contributed by atoms with Gasteiger partial charge in [0.15, 0.2) is 5.41 Å². The van der Waals surface area contributed by atoms with Gasteiger partial charge in [0, 0.05) is 12.8 Å². The van der Waals surface area contributed by atoms with Gasteiger partial charge in [0.05, 0.1) is 26.9 Å². The van der Waals surface area contributed by atoms with E-state index >= 15 is 0 Å². The molecule has 1 heterocycles. The van der Waals surface area contributed by atoms with Crippen LogP contribution in [0.2, 0.25) is 0 Å². The predicted molar refractivity (Wildman–Crippen MR) is 54.3 cm³/mol. The molecule has 0 aliphatic carbocycles. The molecule has 0 aromatic heterocycles. The van der Waals surface area contributed by atoms with Crippen molar-refractivity contribution in [3.8, 4) is 12.3 Å². The molecule has 0 saturated carbocycles. The minimum Gasteiger partial charge on any atom is -0.468 e. The molecule has 1 atom stereocenters. The Morgan fingerprint density at radius 3 is 2.25 bits per heavy atom. The van der Waals surface area contributed by atoms with E-state index in [1.54, 1.807) is 0 Å². The van der Waals surface area contributed by atoms with Gasteiger partial charge in [-0.2, -0.15) is 0 Å². The van der Waals surface area contributed by atoms with Crippen LogP contribution in [0.15, 0.2) is 0 Å². The lowest BCUT2D eigenvalue weighted by atomic mass is 9.80. The Bertz CT molecular complexity index is 308. The van der Waals surface area contributed by atoms with Gasteiger partial charge in [-0.05, 0) is 0 Å². The number of hydrogen-bond acceptors (Lipinski definition) is 5. The van der Waals surface area contributed by atoms with Gasteiger partial charge in [0.1, 0.15) is 0 Å². The molecule has 16 heavy (non-hydrogen) atoms. The van der Waals surface area contributed by atoms with Gasteiger partial charge in [0.2, 0.25) is 0 Å². The van der Waals surface area contributed by atoms with Gasteiger partial charge >= 0.3 is 11.9 Å². The first-order chi connectivity index (χ1) is 7.60. The van der Waals surface area contributed by atoms with Crippen LogP contribution in [0.5, 0.6) is 0 Å². The SMILES string of the molecule is C#CCC(CC1CO1)(C(=O)OC)C(=O)OC. The third kappa shape index (κ3) is 2.34. The number of esters is 2. The van der Waals surface area contributed by atoms with E-state index in [1.165, 1.54) is 14.2 Å². The zero-order valence-electron chi connectivity index (χ0n) is 9.32. The molecule has 0 spiro atoms. The van der Waals surface area contributed by atoms with Gasteiger partial charge in [-0.3, -0.25) is 9.59 Å². The van der Waals surface area contributed by atoms with Crippen molar-refractivity contribution >= 4 is 11.9 Å². The lowest BCUT2D eigenvalue weighted by Gasteiger charge is -2.25. The molecule has 5 nitrogen and oxygen atoms in total. The lowest BCUT2D eigenvalue weighted by Crippen LogP contribution is -2.42. The maximum atomic E-state index is 11.7. The molecule has 0 bridgehead atoms. The third-order valence-corrected chi connectivity index (χ3v) is 2.53. The van der Waals surface area contributed by atoms with Crippen LogP contribution in [0, 0.1) is 17.8 Å². The molecule has 0 radical (unpaired) electrons. The summed E-state index contributed by atoms with van der Waals surface area (Å²) in [6, 6.07) is 0. The largest absolute Gasteiger partial charge is 0.468 e. The number of ether oxygens (including phenoxy) is 3. The average molecular weight is 226 g/mol. The summed E-state index contributed by atoms with van der Waals surface area (Å²) in [5, 5.41) is 0. The van der Waals surface area contributed by atoms with Crippen molar-refractivity contribution in [3.63, 3.8) is 0 Å². The number of rotatable bonds is 5. The van der Waals surface area contributed by atoms with Gasteiger partial charge < -0.3 is 14.2 Å². The highest BCUT2D eigenvalue weighted by Crippen LogP contribution is 2.35. The van der Waals surface area contributed by atoms with E-state index in [4.69, 9.17) is 11.2 Å². The molecule has 1 saturated heterocycles. The Morgan fingerprint density at radius 1 is 1.44 bits per heavy atom. The minimum atomic E-state index is -1.43. The maximum absolute atomic E-state index is 11.7. The fourth-order valence-electron chi connectivity index (χ4n) is 1.61. The fourth-order valence-corrected chi connectivity index (χ4v) is 1.61. The summed E-state index contributed by atoms with van der Waals surface area (Å²) in [6.07, 6.45) is 5.23. The van der Waals surface area contributed by atoms with E-state index in [-0.39, 0.29) is 18.9 Å². The summed E-state index contributed by atoms with van der Waals surface area (Å²) in [4.78, 5) is 23.4. The molecule has 88 valence electrons. The van der Waals surface area contributed by atoms with Crippen LogP contribution in [0.4, 0.5) is 0 Å². The van der Waals surface area contributed by atoms with E-state index in [0.29, 0.717) is 6.61 Å². The maximum Gasteiger partial charge on any atom is 0.324 e. The zero-order valence-corrected chi connectivity index (χ0v) is 9.32. The molecular formula is C11H14O5. The summed E-state index contributed by atoms with van der Waals surface area (Å²) in [5.74, 6) is 0.968. The normalized spacial score (nSPS) is 18.4. The number of terminal acetylenes is 1. The topological polar surface area (TPSA) is 65.1 Å². The van der Waals surface area contributed by atoms with Gasteiger partial charge in [0.25, 0.3) is 0 Å². The number of epoxide rings is 1. The zero-order chi connectivity index (χ0) is 12.2. The summed E-state index contributed by atoms with van der Waals surface area (Å²) < 4.78 is 14.3. The van der Waals surface area contributed by atoms with Crippen LogP contribution >= 0.6 is 0 Å². The summed E-state index contributed by atoms with van der Waals surface area (Å²) >= 11 is 0. The van der Waals surface area contributed by atoms with E-state index in [2.05, 4.69) is 15.4 Å². The van der Waals surface area contributed by atoms with Crippen molar-refractivity contribution in [1.29, 1.82) is 0 Å². The first-order valence-corrected chi connectivity index (χ1v) is 4.82. The molecule has 0 aromatic carbocycles. The molecule has 5 heteroatoms. The fraction of sp³-hybridized carbons (Fsp3) is 0.636. The van der Waals surface area contributed by atoms with E-state index in [9.17, 15) is 9.59 Å². The third-order valence-electron chi connectivity index (χ3n) is 2.53. The predicted octanol–water partition coefficient (Wildman–Crippen LogP) is 0.131. The van der Waals surface area contributed by atoms with Crippen LogP contribution in [0.3, 0.4) is 0 Å². The smallest absolute Gasteiger partial charge is 0.324 e. The number of methoxy groups -OCH3 is 2. The Hall–Kier alpha value is -1.54. The Morgan fingerprint density at radius 2 is 1.94 bits per heavy atom. The number of hydrogen-bond donors (Lipinski definition) is 0. The Kier molecular flexibility index (Phi) is 3.91. The van der Waals surface area contributed by atoms with Crippen molar-refractivity contribution in [2.45, 2.75) is 18.9 Å². The van der Waals surface area contributed by atoms with Crippen molar-refractivity contribution in [2.75, 3.05) is 20.8 Å². The first-order valence-electron chi connectivity index (χ1n) is 4.82. The second-order valence-electron chi connectivity index (χ2n) is 3.61. The monoisotopic (exact) mass is 226 g/mol. The molecule has 0 aromatic rings. The van der Waals surface area contributed by atoms with Crippen LogP contribution in [-0.2, 0) is 23.8 Å². The van der Waals surface area contributed by atoms with Crippen LogP contribution in [0.1, 0.15) is 12.8 Å². The molecule has 1 fully saturated rings. The molecule has 1 aliphatic rings. The number of carbonyl (C=O) groups excluding carboxylic acids is 2. The first kappa shape index (κ1) is 12.5. The minimum absolute atomic E-state index is 0.0494. The second kappa shape index (κ2) is 4.99. The van der Waals surface area contributed by atoms with E-state index < -0.39 is 17.4 Å². The summed E-state index contributed by atoms with van der Waals surface area (Å²) in [5.41, 5.74) is -1.43. The van der Waals surface area contributed by atoms with Crippen LogP contribution in [0.25, 0.3) is 0 Å². The average Bonchev–Trinajstić information content (AvgIpc) is 3.09. The number of carbonyl (C=O) groups is 2. The standard InChI is InChI=1S/C11H14O5/c1-4-5-11(9(12)14-2,10(13)15-3)6-8-7-16-8/h1,8H,5-7H2,2-3H3. The highest BCUT2D eigenvalue weighted by atomic mass is 16.6. The quantitative estimate of drug-likeness (QED) is 0.288. The summed E-state index contributed by atoms with van der Waals surface area (Å²) in [6.45, 7) is 0.528. The highest BCUT2D eigenvalue weighted by molar-refractivity contribution is 6.00. The molecule has 1 rings (SSSR count). The van der Waals surface area contributed by atoms with Gasteiger partial charge in [-0.15, -0.1) is 12.3 Å². The van der Waals surface area contributed by atoms with Gasteiger partial charge in [-0.25, -0.2) is 0 Å². The molecule has 0 amide bonds. The van der Waals surface area contributed by atoms with Crippen molar-refractivity contribution in [3.05, 3.63) is 0 Å². The van der Waals surface area contributed by atoms with E-state index in [0.717, 1.165) is 0 Å². The van der Waals surface area contributed by atoms with Crippen molar-refractivity contribution in [2.24, 2.45) is 5.41 Å². The molecule has 0 N–H and O–H groups in total. The highest BCUT2D eigenvalue weighted by Gasteiger charge is 2.51. The summed E-state index contributed by atoms with van der Waals surface area (Å²) in [7, 11) is 2.43. The van der Waals surface area contributed by atoms with E-state index in [1.807, 2.05) is 0 Å². The second-order valence-corrected chi connectivity index (χ2v) is 3.61. The van der Waals surface area contributed by atoms with Crippen LogP contribution in [-0.4, -0.2) is 38.9 Å². The molecule has 1 unspecified atom stereocenters. The van der Waals surface area contributed by atoms with Crippen LogP contribution < -0.4 is 0 Å². The van der Waals surface area contributed by atoms with Gasteiger partial charge in [-0.1, -0.05) is 0 Å². The van der Waals surface area contributed by atoms with Crippen molar-refractivity contribution < 1.29 is 23.8 Å². The lowest BCUT2D eigenvalue weighted by molar-refractivity contribution is -0.169. The molecular weight excluding hydrogens is 212 g/mol. The Balaban J connectivity index is 2.96. The Labute approximate surface area is 94.0 Å². The van der Waals surface area contributed by atoms with Crippen molar-refractivity contribution in [1.82, 2.24) is 0 Å². The molecule has 1 aliphatic heterocycles.